The van der Waals surface area contributed by atoms with Gasteiger partial charge in [-0.2, -0.15) is 0 Å². The Kier molecular flexibility index (Phi) is 6.87. The van der Waals surface area contributed by atoms with Gasteiger partial charge in [-0.25, -0.2) is 0 Å². The molecule has 0 unspecified atom stereocenters. The van der Waals surface area contributed by atoms with E-state index in [-0.39, 0.29) is 0 Å². The second-order valence-corrected chi connectivity index (χ2v) is 5.95. The first-order valence-corrected chi connectivity index (χ1v) is 8.57. The van der Waals surface area contributed by atoms with Crippen LogP contribution in [-0.4, -0.2) is 0 Å². The second kappa shape index (κ2) is 9.35. The van der Waals surface area contributed by atoms with E-state index in [1.165, 1.54) is 11.1 Å². The maximum absolute atomic E-state index is 8.76. The lowest BCUT2D eigenvalue weighted by atomic mass is 9.98. The minimum absolute atomic E-state index is 0.637. The van der Waals surface area contributed by atoms with Crippen molar-refractivity contribution >= 4 is 0 Å². The average Bonchev–Trinajstić information content (AvgIpc) is 2.60. The highest BCUT2D eigenvalue weighted by atomic mass is 16.5. The molecule has 0 aliphatic carbocycles. The first-order chi connectivity index (χ1) is 12.2. The van der Waals surface area contributed by atoms with E-state index < -0.39 is 0 Å². The summed E-state index contributed by atoms with van der Waals surface area (Å²) < 4.78 is 10.1. The molecule has 25 heavy (non-hydrogen) atoms. The number of ether oxygens (including phenoxy) is 2. The molecular weight excluding hydrogens is 312 g/mol. The molecule has 0 atom stereocenters. The zero-order valence-electron chi connectivity index (χ0n) is 14.7. The van der Waals surface area contributed by atoms with Gasteiger partial charge in [0.1, 0.15) is 11.5 Å². The van der Waals surface area contributed by atoms with Crippen LogP contribution in [0.4, 0.5) is 0 Å². The maximum atomic E-state index is 8.76. The largest absolute Gasteiger partial charge is 0.388 e. The Labute approximate surface area is 149 Å². The SMILES string of the molecule is CCCc1cc(Cc2ccc(OC#N)c(CCC)c2)ccc1OC#N. The molecule has 0 aromatic heterocycles. The van der Waals surface area contributed by atoms with E-state index in [9.17, 15) is 0 Å². The van der Waals surface area contributed by atoms with Gasteiger partial charge >= 0.3 is 0 Å². The summed E-state index contributed by atoms with van der Waals surface area (Å²) in [4.78, 5) is 0. The summed E-state index contributed by atoms with van der Waals surface area (Å²) in [6.45, 7) is 4.21. The fourth-order valence-electron chi connectivity index (χ4n) is 2.95. The lowest BCUT2D eigenvalue weighted by Crippen LogP contribution is -1.97. The van der Waals surface area contributed by atoms with Crippen LogP contribution in [0.5, 0.6) is 11.5 Å². The standard InChI is InChI=1S/C21H22N2O2/c1-3-5-18-12-16(7-9-20(18)24-14-22)11-17-8-10-21(25-15-23)19(13-17)6-4-2/h7-10,12-13H,3-6,11H2,1-2H3. The van der Waals surface area contributed by atoms with Crippen molar-refractivity contribution in [3.63, 3.8) is 0 Å². The zero-order chi connectivity index (χ0) is 18.1. The van der Waals surface area contributed by atoms with Crippen molar-refractivity contribution < 1.29 is 9.47 Å². The number of hydrogen-bond donors (Lipinski definition) is 0. The molecule has 128 valence electrons. The van der Waals surface area contributed by atoms with Crippen LogP contribution in [0.3, 0.4) is 0 Å². The van der Waals surface area contributed by atoms with Crippen molar-refractivity contribution in [2.45, 2.75) is 46.0 Å². The van der Waals surface area contributed by atoms with Gasteiger partial charge in [-0.15, -0.1) is 10.5 Å². The minimum atomic E-state index is 0.637. The third-order valence-electron chi connectivity index (χ3n) is 4.01. The number of aryl methyl sites for hydroxylation is 2. The van der Waals surface area contributed by atoms with E-state index in [0.29, 0.717) is 11.5 Å². The fourth-order valence-corrected chi connectivity index (χ4v) is 2.95. The Morgan fingerprint density at radius 1 is 0.760 bits per heavy atom. The minimum Gasteiger partial charge on any atom is -0.388 e. The molecular formula is C21H22N2O2. The lowest BCUT2D eigenvalue weighted by molar-refractivity contribution is 0.499. The Bertz CT molecular complexity index is 733. The molecule has 4 nitrogen and oxygen atoms in total. The highest BCUT2D eigenvalue weighted by Crippen LogP contribution is 2.26. The van der Waals surface area contributed by atoms with Gasteiger partial charge in [-0.1, -0.05) is 51.0 Å². The fraction of sp³-hybridized carbons (Fsp3) is 0.333. The summed E-state index contributed by atoms with van der Waals surface area (Å²) in [5.41, 5.74) is 4.45. The molecule has 0 heterocycles. The van der Waals surface area contributed by atoms with Crippen molar-refractivity contribution in [3.05, 3.63) is 58.7 Å². The van der Waals surface area contributed by atoms with Crippen LogP contribution in [0, 0.1) is 23.0 Å². The highest BCUT2D eigenvalue weighted by Gasteiger charge is 2.09. The molecule has 0 radical (unpaired) electrons. The predicted octanol–water partition coefficient (Wildman–Crippen LogP) is 4.90. The van der Waals surface area contributed by atoms with Crippen LogP contribution in [0.1, 0.15) is 48.9 Å². The molecule has 2 aromatic rings. The molecule has 0 fully saturated rings. The van der Waals surface area contributed by atoms with Crippen molar-refractivity contribution in [2.24, 2.45) is 0 Å². The van der Waals surface area contributed by atoms with E-state index >= 15 is 0 Å². The first kappa shape index (κ1) is 18.4. The van der Waals surface area contributed by atoms with E-state index in [2.05, 4.69) is 26.0 Å². The summed E-state index contributed by atoms with van der Waals surface area (Å²) in [5, 5.41) is 17.5. The second-order valence-electron chi connectivity index (χ2n) is 5.95. The van der Waals surface area contributed by atoms with Gasteiger partial charge in [0.25, 0.3) is 12.5 Å². The summed E-state index contributed by atoms with van der Waals surface area (Å²) in [5.74, 6) is 1.27. The van der Waals surface area contributed by atoms with Crippen LogP contribution in [0.15, 0.2) is 36.4 Å². The summed E-state index contributed by atoms with van der Waals surface area (Å²) in [6.07, 6.45) is 8.02. The molecule has 2 rings (SSSR count). The molecule has 0 bridgehead atoms. The van der Waals surface area contributed by atoms with Crippen molar-refractivity contribution in [1.29, 1.82) is 10.5 Å². The smallest absolute Gasteiger partial charge is 0.292 e. The van der Waals surface area contributed by atoms with Gasteiger partial charge in [0.05, 0.1) is 0 Å². The number of benzene rings is 2. The average molecular weight is 334 g/mol. The molecule has 4 heteroatoms. The Hall–Kier alpha value is -2.98. The number of hydrogen-bond acceptors (Lipinski definition) is 4. The van der Waals surface area contributed by atoms with E-state index in [0.717, 1.165) is 43.2 Å². The molecule has 0 aliphatic rings. The zero-order valence-corrected chi connectivity index (χ0v) is 14.7. The number of nitriles is 2. The summed E-state index contributed by atoms with van der Waals surface area (Å²) in [6, 6.07) is 11.9. The molecule has 0 aliphatic heterocycles. The molecule has 0 amide bonds. The predicted molar refractivity (Wildman–Crippen MR) is 96.2 cm³/mol. The van der Waals surface area contributed by atoms with Gasteiger partial charge in [0, 0.05) is 0 Å². The van der Waals surface area contributed by atoms with Crippen LogP contribution in [0.25, 0.3) is 0 Å². The van der Waals surface area contributed by atoms with Gasteiger partial charge in [-0.3, -0.25) is 0 Å². The van der Waals surface area contributed by atoms with Crippen molar-refractivity contribution in [1.82, 2.24) is 0 Å². The van der Waals surface area contributed by atoms with Crippen LogP contribution >= 0.6 is 0 Å². The molecule has 0 saturated carbocycles. The normalized spacial score (nSPS) is 9.92. The van der Waals surface area contributed by atoms with E-state index in [4.69, 9.17) is 20.0 Å². The Balaban J connectivity index is 2.27. The van der Waals surface area contributed by atoms with Gasteiger partial charge in [-0.05, 0) is 53.6 Å². The quantitative estimate of drug-likeness (QED) is 0.644. The summed E-state index contributed by atoms with van der Waals surface area (Å²) >= 11 is 0. The van der Waals surface area contributed by atoms with Crippen LogP contribution in [-0.2, 0) is 19.3 Å². The highest BCUT2D eigenvalue weighted by molar-refractivity contribution is 5.43. The third kappa shape index (κ3) is 4.99. The Morgan fingerprint density at radius 3 is 1.56 bits per heavy atom. The van der Waals surface area contributed by atoms with Gasteiger partial charge in [0.2, 0.25) is 0 Å². The van der Waals surface area contributed by atoms with Gasteiger partial charge in [0.15, 0.2) is 0 Å². The van der Waals surface area contributed by atoms with Crippen LogP contribution < -0.4 is 9.47 Å². The molecule has 0 saturated heterocycles. The maximum Gasteiger partial charge on any atom is 0.292 e. The first-order valence-electron chi connectivity index (χ1n) is 8.57. The lowest BCUT2D eigenvalue weighted by Gasteiger charge is -2.11. The topological polar surface area (TPSA) is 66.0 Å². The monoisotopic (exact) mass is 334 g/mol. The van der Waals surface area contributed by atoms with Gasteiger partial charge < -0.3 is 9.47 Å². The third-order valence-corrected chi connectivity index (χ3v) is 4.01. The van der Waals surface area contributed by atoms with Crippen molar-refractivity contribution in [3.8, 4) is 24.0 Å². The number of nitrogens with zero attached hydrogens (tertiary/aromatic N) is 2. The Morgan fingerprint density at radius 2 is 1.20 bits per heavy atom. The molecule has 2 aromatic carbocycles. The number of rotatable bonds is 8. The molecule has 0 N–H and O–H groups in total. The van der Waals surface area contributed by atoms with Crippen molar-refractivity contribution in [2.75, 3.05) is 0 Å². The summed E-state index contributed by atoms with van der Waals surface area (Å²) in [7, 11) is 0. The van der Waals surface area contributed by atoms with E-state index in [1.807, 2.05) is 24.3 Å². The molecule has 0 spiro atoms. The van der Waals surface area contributed by atoms with Crippen LogP contribution in [0.2, 0.25) is 0 Å². The van der Waals surface area contributed by atoms with E-state index in [1.54, 1.807) is 12.5 Å².